The summed E-state index contributed by atoms with van der Waals surface area (Å²) in [7, 11) is 1.15. The molecule has 0 aromatic carbocycles. The van der Waals surface area contributed by atoms with Gasteiger partial charge in [0.1, 0.15) is 6.20 Å². The first-order valence-corrected chi connectivity index (χ1v) is 5.01. The highest BCUT2D eigenvalue weighted by Crippen LogP contribution is 2.19. The third-order valence-corrected chi connectivity index (χ3v) is 2.17. The zero-order valence-corrected chi connectivity index (χ0v) is 9.33. The monoisotopic (exact) mass is 243 g/mol. The van der Waals surface area contributed by atoms with Crippen molar-refractivity contribution in [1.29, 1.82) is 0 Å². The lowest BCUT2D eigenvalue weighted by molar-refractivity contribution is -0.385. The van der Waals surface area contributed by atoms with E-state index in [4.69, 9.17) is 5.11 Å². The van der Waals surface area contributed by atoms with E-state index in [-0.39, 0.29) is 18.0 Å². The lowest BCUT2D eigenvalue weighted by atomic mass is 10.3. The fraction of sp³-hybridized carbons (Fsp3) is 0.556. The molecule has 0 bridgehead atoms. The lowest BCUT2D eigenvalue weighted by Crippen LogP contribution is -2.14. The van der Waals surface area contributed by atoms with Crippen molar-refractivity contribution < 1.29 is 19.6 Å². The zero-order valence-electron chi connectivity index (χ0n) is 9.33. The molecule has 1 aromatic heterocycles. The van der Waals surface area contributed by atoms with Crippen LogP contribution in [0.3, 0.4) is 0 Å². The molecule has 17 heavy (non-hydrogen) atoms. The summed E-state index contributed by atoms with van der Waals surface area (Å²) in [6, 6.07) is 0. The third kappa shape index (κ3) is 3.00. The smallest absolute Gasteiger partial charge is 0.363 e. The van der Waals surface area contributed by atoms with Crippen molar-refractivity contribution in [3.8, 4) is 0 Å². The number of aromatic nitrogens is 2. The summed E-state index contributed by atoms with van der Waals surface area (Å²) in [5.74, 6) is -0.793. The average Bonchev–Trinajstić information content (AvgIpc) is 2.72. The van der Waals surface area contributed by atoms with Gasteiger partial charge in [0, 0.05) is 13.2 Å². The normalized spacial score (nSPS) is 10.2. The van der Waals surface area contributed by atoms with Gasteiger partial charge in [-0.15, -0.1) is 0 Å². The first-order chi connectivity index (χ1) is 8.11. The Labute approximate surface area is 97.0 Å². The van der Waals surface area contributed by atoms with Gasteiger partial charge in [-0.2, -0.15) is 5.10 Å². The molecule has 0 atom stereocenters. The van der Waals surface area contributed by atoms with Crippen LogP contribution in [0.1, 0.15) is 23.3 Å². The first kappa shape index (κ1) is 13.1. The van der Waals surface area contributed by atoms with Crippen LogP contribution < -0.4 is 0 Å². The Morgan fingerprint density at radius 3 is 2.88 bits per heavy atom. The van der Waals surface area contributed by atoms with Crippen molar-refractivity contribution in [1.82, 2.24) is 9.78 Å². The molecule has 8 heteroatoms. The Balaban J connectivity index is 2.96. The van der Waals surface area contributed by atoms with Gasteiger partial charge in [0.15, 0.2) is 0 Å². The second-order valence-electron chi connectivity index (χ2n) is 3.28. The molecule has 0 unspecified atom stereocenters. The van der Waals surface area contributed by atoms with Crippen LogP contribution in [0.2, 0.25) is 0 Å². The highest BCUT2D eigenvalue weighted by molar-refractivity contribution is 5.91. The summed E-state index contributed by atoms with van der Waals surface area (Å²) in [5.41, 5.74) is -0.545. The number of esters is 1. The number of nitro groups is 1. The average molecular weight is 243 g/mol. The second kappa shape index (κ2) is 5.94. The number of hydrogen-bond acceptors (Lipinski definition) is 6. The maximum absolute atomic E-state index is 11.4. The van der Waals surface area contributed by atoms with Crippen molar-refractivity contribution >= 4 is 11.7 Å². The molecule has 0 spiro atoms. The quantitative estimate of drug-likeness (QED) is 0.334. The summed E-state index contributed by atoms with van der Waals surface area (Å²) in [5, 5.41) is 23.1. The lowest BCUT2D eigenvalue weighted by Gasteiger charge is -2.04. The van der Waals surface area contributed by atoms with Gasteiger partial charge in [-0.05, 0) is 12.8 Å². The number of aliphatic hydroxyl groups excluding tert-OH is 1. The highest BCUT2D eigenvalue weighted by Gasteiger charge is 2.27. The van der Waals surface area contributed by atoms with E-state index in [1.165, 1.54) is 4.68 Å². The topological polar surface area (TPSA) is 107 Å². The summed E-state index contributed by atoms with van der Waals surface area (Å²) < 4.78 is 5.70. The summed E-state index contributed by atoms with van der Waals surface area (Å²) in [6.07, 6.45) is 2.12. The Hall–Kier alpha value is -1.96. The Kier molecular flexibility index (Phi) is 4.58. The number of carbonyl (C=O) groups excluding carboxylic acids is 1. The van der Waals surface area contributed by atoms with E-state index < -0.39 is 10.9 Å². The van der Waals surface area contributed by atoms with Gasteiger partial charge in [0.25, 0.3) is 0 Å². The molecule has 0 aliphatic carbocycles. The van der Waals surface area contributed by atoms with E-state index >= 15 is 0 Å². The molecule has 0 radical (unpaired) electrons. The molecule has 1 aromatic rings. The van der Waals surface area contributed by atoms with Crippen molar-refractivity contribution in [2.75, 3.05) is 13.7 Å². The largest absolute Gasteiger partial charge is 0.464 e. The fourth-order valence-corrected chi connectivity index (χ4v) is 1.36. The number of nitrogens with zero attached hydrogens (tertiary/aromatic N) is 3. The molecular weight excluding hydrogens is 230 g/mol. The minimum atomic E-state index is -0.793. The second-order valence-corrected chi connectivity index (χ2v) is 3.28. The molecule has 0 saturated heterocycles. The minimum absolute atomic E-state index is 0.0247. The van der Waals surface area contributed by atoms with Crippen LogP contribution in [-0.2, 0) is 11.3 Å². The maximum atomic E-state index is 11.4. The number of methoxy groups -OCH3 is 1. The van der Waals surface area contributed by atoms with E-state index in [9.17, 15) is 14.9 Å². The van der Waals surface area contributed by atoms with Crippen molar-refractivity contribution in [2.45, 2.75) is 19.4 Å². The van der Waals surface area contributed by atoms with Crippen LogP contribution in [0.15, 0.2) is 6.20 Å². The number of rotatable bonds is 6. The fourth-order valence-electron chi connectivity index (χ4n) is 1.36. The van der Waals surface area contributed by atoms with E-state index in [2.05, 4.69) is 9.84 Å². The maximum Gasteiger partial charge on any atom is 0.363 e. The van der Waals surface area contributed by atoms with Crippen LogP contribution in [-0.4, -0.2) is 39.5 Å². The van der Waals surface area contributed by atoms with Crippen molar-refractivity contribution in [3.63, 3.8) is 0 Å². The Morgan fingerprint density at radius 1 is 1.65 bits per heavy atom. The predicted octanol–water partition coefficient (Wildman–Crippen LogP) is 0.350. The number of aliphatic hydroxyl groups is 1. The predicted molar refractivity (Wildman–Crippen MR) is 56.5 cm³/mol. The molecule has 1 heterocycles. The number of ether oxygens (including phenoxy) is 1. The molecule has 0 aliphatic rings. The van der Waals surface area contributed by atoms with Gasteiger partial charge >= 0.3 is 11.7 Å². The standard InChI is InChI=1S/C9H13N3O5/c1-17-9(14)8-7(12(15)16)6-10-11(8)4-2-3-5-13/h6,13H,2-5H2,1H3. The molecular formula is C9H13N3O5. The molecule has 1 N–H and O–H groups in total. The summed E-state index contributed by atoms with van der Waals surface area (Å²) in [6.45, 7) is 0.343. The van der Waals surface area contributed by atoms with Gasteiger partial charge < -0.3 is 9.84 Å². The molecule has 0 fully saturated rings. The summed E-state index contributed by atoms with van der Waals surface area (Å²) >= 11 is 0. The summed E-state index contributed by atoms with van der Waals surface area (Å²) in [4.78, 5) is 21.4. The molecule has 0 amide bonds. The number of unbranched alkanes of at least 4 members (excludes halogenated alkanes) is 1. The first-order valence-electron chi connectivity index (χ1n) is 5.01. The van der Waals surface area contributed by atoms with Crippen LogP contribution in [0.5, 0.6) is 0 Å². The van der Waals surface area contributed by atoms with Gasteiger partial charge in [0.2, 0.25) is 5.69 Å². The van der Waals surface area contributed by atoms with Crippen LogP contribution in [0.4, 0.5) is 5.69 Å². The van der Waals surface area contributed by atoms with Gasteiger partial charge in [-0.1, -0.05) is 0 Å². The number of hydrogen-bond donors (Lipinski definition) is 1. The third-order valence-electron chi connectivity index (χ3n) is 2.17. The minimum Gasteiger partial charge on any atom is -0.464 e. The van der Waals surface area contributed by atoms with Crippen molar-refractivity contribution in [3.05, 3.63) is 22.0 Å². The molecule has 1 rings (SSSR count). The van der Waals surface area contributed by atoms with E-state index in [1.54, 1.807) is 0 Å². The molecule has 0 saturated carbocycles. The van der Waals surface area contributed by atoms with Gasteiger partial charge in [0.05, 0.1) is 12.0 Å². The Morgan fingerprint density at radius 2 is 2.35 bits per heavy atom. The van der Waals surface area contributed by atoms with Gasteiger partial charge in [-0.25, -0.2) is 4.79 Å². The van der Waals surface area contributed by atoms with E-state index in [1.807, 2.05) is 0 Å². The van der Waals surface area contributed by atoms with Crippen LogP contribution in [0, 0.1) is 10.1 Å². The number of aryl methyl sites for hydroxylation is 1. The molecule has 8 nitrogen and oxygen atoms in total. The number of carbonyl (C=O) groups is 1. The van der Waals surface area contributed by atoms with Gasteiger partial charge in [-0.3, -0.25) is 14.8 Å². The molecule has 94 valence electrons. The van der Waals surface area contributed by atoms with E-state index in [0.29, 0.717) is 19.4 Å². The Bertz CT molecular complexity index is 415. The van der Waals surface area contributed by atoms with E-state index in [0.717, 1.165) is 13.3 Å². The van der Waals surface area contributed by atoms with Crippen LogP contribution in [0.25, 0.3) is 0 Å². The SMILES string of the molecule is COC(=O)c1c([N+](=O)[O-])cnn1CCCCO. The highest BCUT2D eigenvalue weighted by atomic mass is 16.6. The van der Waals surface area contributed by atoms with Crippen LogP contribution >= 0.6 is 0 Å². The molecule has 0 aliphatic heterocycles. The van der Waals surface area contributed by atoms with Crippen molar-refractivity contribution in [2.24, 2.45) is 0 Å². The zero-order chi connectivity index (χ0) is 12.8.